The number of piperidine rings is 1. The van der Waals surface area contributed by atoms with E-state index >= 15 is 0 Å². The highest BCUT2D eigenvalue weighted by molar-refractivity contribution is 5.76. The molecule has 24 heavy (non-hydrogen) atoms. The number of nitrogens with one attached hydrogen (secondary N) is 2. The van der Waals surface area contributed by atoms with E-state index < -0.39 is 0 Å². The van der Waals surface area contributed by atoms with Gasteiger partial charge in [0.25, 0.3) is 0 Å². The molecule has 2 fully saturated rings. The number of hydrogen-bond acceptors (Lipinski definition) is 3. The largest absolute Gasteiger partial charge is 0.355 e. The Morgan fingerprint density at radius 3 is 2.58 bits per heavy atom. The molecular weight excluding hydrogens is 298 g/mol. The summed E-state index contributed by atoms with van der Waals surface area (Å²) in [5.41, 5.74) is 1.31. The van der Waals surface area contributed by atoms with E-state index in [1.807, 2.05) is 6.07 Å². The molecular formula is C20H31N3O. The van der Waals surface area contributed by atoms with Crippen LogP contribution in [0.1, 0.15) is 44.6 Å². The third-order valence-electron chi connectivity index (χ3n) is 5.67. The first-order valence-electron chi connectivity index (χ1n) is 9.37. The Bertz CT molecular complexity index is 521. The molecule has 2 bridgehead atoms. The molecule has 0 radical (unpaired) electrons. The molecule has 2 aliphatic heterocycles. The molecule has 0 spiro atoms. The topological polar surface area (TPSA) is 44.4 Å². The fourth-order valence-corrected chi connectivity index (χ4v) is 4.12. The minimum atomic E-state index is 0.223. The molecule has 0 saturated carbocycles. The van der Waals surface area contributed by atoms with Crippen molar-refractivity contribution in [3.63, 3.8) is 0 Å². The van der Waals surface area contributed by atoms with Gasteiger partial charge in [-0.1, -0.05) is 30.3 Å². The van der Waals surface area contributed by atoms with Gasteiger partial charge < -0.3 is 10.6 Å². The third-order valence-corrected chi connectivity index (χ3v) is 5.67. The lowest BCUT2D eigenvalue weighted by Crippen LogP contribution is -2.42. The number of carbonyl (C=O) groups excluding carboxylic acids is 1. The van der Waals surface area contributed by atoms with Crippen LogP contribution in [0.2, 0.25) is 0 Å². The van der Waals surface area contributed by atoms with Crippen LogP contribution in [0, 0.1) is 5.92 Å². The molecule has 2 heterocycles. The van der Waals surface area contributed by atoms with Crippen LogP contribution in [0.4, 0.5) is 0 Å². The smallest absolute Gasteiger partial charge is 0.220 e. The summed E-state index contributed by atoms with van der Waals surface area (Å²) in [4.78, 5) is 14.6. The van der Waals surface area contributed by atoms with Crippen molar-refractivity contribution in [2.45, 2.75) is 63.7 Å². The Hall–Kier alpha value is -1.39. The van der Waals surface area contributed by atoms with Gasteiger partial charge in [0.15, 0.2) is 0 Å². The fraction of sp³-hybridized carbons (Fsp3) is 0.650. The Kier molecular flexibility index (Phi) is 5.90. The molecule has 1 aromatic rings. The van der Waals surface area contributed by atoms with Crippen molar-refractivity contribution in [1.82, 2.24) is 15.5 Å². The van der Waals surface area contributed by atoms with Crippen LogP contribution in [0.25, 0.3) is 0 Å². The quantitative estimate of drug-likeness (QED) is 0.808. The van der Waals surface area contributed by atoms with Crippen LogP contribution in [0.5, 0.6) is 0 Å². The second-order valence-corrected chi connectivity index (χ2v) is 7.73. The molecule has 4 heteroatoms. The molecule has 3 rings (SSSR count). The highest BCUT2D eigenvalue weighted by Crippen LogP contribution is 2.32. The Morgan fingerprint density at radius 1 is 1.25 bits per heavy atom. The van der Waals surface area contributed by atoms with Gasteiger partial charge in [-0.3, -0.25) is 9.69 Å². The summed E-state index contributed by atoms with van der Waals surface area (Å²) in [6, 6.07) is 12.1. The minimum absolute atomic E-state index is 0.223. The van der Waals surface area contributed by atoms with Gasteiger partial charge in [-0.2, -0.15) is 0 Å². The molecule has 0 aliphatic carbocycles. The van der Waals surface area contributed by atoms with Gasteiger partial charge in [0.1, 0.15) is 0 Å². The minimum Gasteiger partial charge on any atom is -0.355 e. The summed E-state index contributed by atoms with van der Waals surface area (Å²) < 4.78 is 0. The van der Waals surface area contributed by atoms with E-state index in [-0.39, 0.29) is 5.91 Å². The number of benzene rings is 1. The third kappa shape index (κ3) is 4.81. The maximum absolute atomic E-state index is 12.3. The lowest BCUT2D eigenvalue weighted by molar-refractivity contribution is -0.122. The number of fused-ring (bicyclic) bond motifs is 2. The van der Waals surface area contributed by atoms with E-state index in [1.165, 1.54) is 31.2 Å². The average molecular weight is 329 g/mol. The van der Waals surface area contributed by atoms with E-state index in [0.717, 1.165) is 13.1 Å². The molecule has 1 amide bonds. The first-order chi connectivity index (χ1) is 11.6. The first-order valence-corrected chi connectivity index (χ1v) is 9.37. The summed E-state index contributed by atoms with van der Waals surface area (Å²) in [7, 11) is 2.12. The van der Waals surface area contributed by atoms with Crippen LogP contribution in [0.15, 0.2) is 30.3 Å². The summed E-state index contributed by atoms with van der Waals surface area (Å²) in [5, 5.41) is 6.79. The van der Waals surface area contributed by atoms with Gasteiger partial charge in [-0.15, -0.1) is 0 Å². The first kappa shape index (κ1) is 17.4. The second-order valence-electron chi connectivity index (χ2n) is 7.73. The lowest BCUT2D eigenvalue weighted by Gasteiger charge is -2.29. The Labute approximate surface area is 146 Å². The normalized spacial score (nSPS) is 27.2. The van der Waals surface area contributed by atoms with Crippen molar-refractivity contribution in [3.05, 3.63) is 35.9 Å². The average Bonchev–Trinajstić information content (AvgIpc) is 2.92. The molecule has 3 atom stereocenters. The zero-order chi connectivity index (χ0) is 16.9. The highest BCUT2D eigenvalue weighted by Gasteiger charge is 2.34. The summed E-state index contributed by atoms with van der Waals surface area (Å²) in [6.07, 6.45) is 5.64. The monoisotopic (exact) mass is 329 g/mol. The van der Waals surface area contributed by atoms with Crippen molar-refractivity contribution in [2.75, 3.05) is 13.6 Å². The number of hydrogen-bond donors (Lipinski definition) is 2. The molecule has 2 saturated heterocycles. The van der Waals surface area contributed by atoms with E-state index in [4.69, 9.17) is 0 Å². The van der Waals surface area contributed by atoms with Crippen LogP contribution in [-0.2, 0) is 11.3 Å². The van der Waals surface area contributed by atoms with Gasteiger partial charge >= 0.3 is 0 Å². The highest BCUT2D eigenvalue weighted by atomic mass is 16.1. The molecule has 3 unspecified atom stereocenters. The summed E-state index contributed by atoms with van der Waals surface area (Å²) in [5.74, 6) is 0.794. The van der Waals surface area contributed by atoms with Gasteiger partial charge in [-0.25, -0.2) is 0 Å². The van der Waals surface area contributed by atoms with Crippen LogP contribution >= 0.6 is 0 Å². The molecule has 0 aromatic heterocycles. The maximum Gasteiger partial charge on any atom is 0.220 e. The Morgan fingerprint density at radius 2 is 1.92 bits per heavy atom. The molecule has 132 valence electrons. The maximum atomic E-state index is 12.3. The standard InChI is InChI=1S/C20H31N3O/c1-15(23(2)14-16-6-4-3-5-7-16)13-21-20(24)12-17-10-18-8-9-19(11-17)22-18/h3-7,15,17-19,22H,8-14H2,1-2H3,(H,21,24). The van der Waals surface area contributed by atoms with E-state index in [9.17, 15) is 4.79 Å². The zero-order valence-corrected chi connectivity index (χ0v) is 15.0. The van der Waals surface area contributed by atoms with Crippen molar-refractivity contribution in [3.8, 4) is 0 Å². The van der Waals surface area contributed by atoms with Gasteiger partial charge in [-0.05, 0) is 51.1 Å². The van der Waals surface area contributed by atoms with Crippen LogP contribution in [-0.4, -0.2) is 42.5 Å². The molecule has 1 aromatic carbocycles. The molecule has 2 aliphatic rings. The van der Waals surface area contributed by atoms with Crippen molar-refractivity contribution in [1.29, 1.82) is 0 Å². The number of carbonyl (C=O) groups is 1. The summed E-state index contributed by atoms with van der Waals surface area (Å²) >= 11 is 0. The fourth-order valence-electron chi connectivity index (χ4n) is 4.12. The van der Waals surface area contributed by atoms with E-state index in [0.29, 0.717) is 30.5 Å². The Balaban J connectivity index is 1.37. The van der Waals surface area contributed by atoms with Crippen molar-refractivity contribution >= 4 is 5.91 Å². The van der Waals surface area contributed by atoms with Crippen molar-refractivity contribution < 1.29 is 4.79 Å². The SMILES string of the molecule is CC(CNC(=O)CC1CC2CCC(C1)N2)N(C)Cc1ccccc1. The second kappa shape index (κ2) is 8.13. The number of nitrogens with zero attached hydrogens (tertiary/aromatic N) is 1. The van der Waals surface area contributed by atoms with Crippen LogP contribution < -0.4 is 10.6 Å². The van der Waals surface area contributed by atoms with Gasteiger partial charge in [0.2, 0.25) is 5.91 Å². The predicted molar refractivity (Wildman–Crippen MR) is 97.7 cm³/mol. The number of rotatable bonds is 7. The number of amides is 1. The van der Waals surface area contributed by atoms with Crippen molar-refractivity contribution in [2.24, 2.45) is 5.92 Å². The van der Waals surface area contributed by atoms with Gasteiger partial charge in [0, 0.05) is 37.6 Å². The van der Waals surface area contributed by atoms with E-state index in [2.05, 4.69) is 53.8 Å². The van der Waals surface area contributed by atoms with Crippen LogP contribution in [0.3, 0.4) is 0 Å². The predicted octanol–water partition coefficient (Wildman–Crippen LogP) is 2.54. The number of likely N-dealkylation sites (N-methyl/N-ethyl adjacent to an activating group) is 1. The zero-order valence-electron chi connectivity index (χ0n) is 15.0. The summed E-state index contributed by atoms with van der Waals surface area (Å²) in [6.45, 7) is 3.81. The van der Waals surface area contributed by atoms with Gasteiger partial charge in [0.05, 0.1) is 0 Å². The van der Waals surface area contributed by atoms with E-state index in [1.54, 1.807) is 0 Å². The molecule has 4 nitrogen and oxygen atoms in total. The molecule has 2 N–H and O–H groups in total. The lowest BCUT2D eigenvalue weighted by atomic mass is 9.89.